The quantitative estimate of drug-likeness (QED) is 0.874. The van der Waals surface area contributed by atoms with E-state index in [0.29, 0.717) is 11.6 Å². The van der Waals surface area contributed by atoms with E-state index in [-0.39, 0.29) is 6.61 Å². The molecule has 2 rings (SSSR count). The van der Waals surface area contributed by atoms with Gasteiger partial charge in [0.2, 0.25) is 0 Å². The van der Waals surface area contributed by atoms with E-state index in [1.54, 1.807) is 6.07 Å². The zero-order valence-electron chi connectivity index (χ0n) is 11.2. The first-order valence-electron chi connectivity index (χ1n) is 6.27. The van der Waals surface area contributed by atoms with Gasteiger partial charge in [0.25, 0.3) is 0 Å². The van der Waals surface area contributed by atoms with Gasteiger partial charge in [0.15, 0.2) is 0 Å². The topological polar surface area (TPSA) is 29.5 Å². The van der Waals surface area contributed by atoms with Crippen molar-refractivity contribution >= 4 is 11.6 Å². The molecule has 0 aliphatic carbocycles. The van der Waals surface area contributed by atoms with Gasteiger partial charge in [-0.3, -0.25) is 0 Å². The molecule has 20 heavy (non-hydrogen) atoms. The number of hydrogen-bond acceptors (Lipinski definition) is 2. The lowest BCUT2D eigenvalue weighted by Crippen LogP contribution is -1.99. The third-order valence-electron chi connectivity index (χ3n) is 2.84. The van der Waals surface area contributed by atoms with Crippen molar-refractivity contribution in [2.45, 2.75) is 13.5 Å². The SMILES string of the molecule is Cc1cc(Cl)ccc1OCc1ccccc1C#CCO. The molecule has 0 aliphatic heterocycles. The third kappa shape index (κ3) is 3.77. The average molecular weight is 287 g/mol. The van der Waals surface area contributed by atoms with Crippen LogP contribution in [0.3, 0.4) is 0 Å². The van der Waals surface area contributed by atoms with Gasteiger partial charge in [0, 0.05) is 16.1 Å². The number of aryl methyl sites for hydroxylation is 1. The molecule has 0 unspecified atom stereocenters. The maximum absolute atomic E-state index is 8.77. The molecule has 0 aliphatic rings. The summed E-state index contributed by atoms with van der Waals surface area (Å²) in [6, 6.07) is 13.3. The third-order valence-corrected chi connectivity index (χ3v) is 3.07. The van der Waals surface area contributed by atoms with Crippen molar-refractivity contribution in [2.75, 3.05) is 6.61 Å². The number of benzene rings is 2. The van der Waals surface area contributed by atoms with E-state index < -0.39 is 0 Å². The second-order valence-corrected chi connectivity index (χ2v) is 4.75. The molecule has 2 aromatic rings. The Hall–Kier alpha value is -1.95. The Kier molecular flexibility index (Phi) is 5.06. The van der Waals surface area contributed by atoms with Crippen molar-refractivity contribution in [2.24, 2.45) is 0 Å². The fourth-order valence-electron chi connectivity index (χ4n) is 1.83. The van der Waals surface area contributed by atoms with Gasteiger partial charge < -0.3 is 9.84 Å². The van der Waals surface area contributed by atoms with Crippen molar-refractivity contribution in [1.82, 2.24) is 0 Å². The first-order valence-corrected chi connectivity index (χ1v) is 6.65. The first-order chi connectivity index (χ1) is 9.70. The van der Waals surface area contributed by atoms with E-state index in [1.165, 1.54) is 0 Å². The zero-order valence-corrected chi connectivity index (χ0v) is 11.9. The predicted octanol–water partition coefficient (Wildman–Crippen LogP) is 3.57. The molecule has 1 N–H and O–H groups in total. The smallest absolute Gasteiger partial charge is 0.122 e. The van der Waals surface area contributed by atoms with Crippen LogP contribution in [-0.4, -0.2) is 11.7 Å². The highest BCUT2D eigenvalue weighted by Gasteiger charge is 2.03. The fraction of sp³-hybridized carbons (Fsp3) is 0.176. The Morgan fingerprint density at radius 1 is 1.20 bits per heavy atom. The molecule has 102 valence electrons. The highest BCUT2D eigenvalue weighted by molar-refractivity contribution is 6.30. The molecule has 0 fully saturated rings. The molecule has 0 saturated carbocycles. The lowest BCUT2D eigenvalue weighted by Gasteiger charge is -2.10. The highest BCUT2D eigenvalue weighted by atomic mass is 35.5. The molecule has 0 aromatic heterocycles. The van der Waals surface area contributed by atoms with Gasteiger partial charge in [0.05, 0.1) is 0 Å². The van der Waals surface area contributed by atoms with Crippen LogP contribution in [0.15, 0.2) is 42.5 Å². The summed E-state index contributed by atoms with van der Waals surface area (Å²) in [4.78, 5) is 0. The van der Waals surface area contributed by atoms with Crippen LogP contribution < -0.4 is 4.74 Å². The molecule has 0 radical (unpaired) electrons. The molecular weight excluding hydrogens is 272 g/mol. The van der Waals surface area contributed by atoms with Crippen molar-refractivity contribution in [3.05, 3.63) is 64.2 Å². The molecule has 3 heteroatoms. The minimum absolute atomic E-state index is 0.147. The van der Waals surface area contributed by atoms with E-state index in [4.69, 9.17) is 21.4 Å². The number of halogens is 1. The molecule has 2 nitrogen and oxygen atoms in total. The molecule has 0 saturated heterocycles. The van der Waals surface area contributed by atoms with Gasteiger partial charge in [-0.2, -0.15) is 0 Å². The molecular formula is C17H15ClO2. The number of hydrogen-bond donors (Lipinski definition) is 1. The standard InChI is InChI=1S/C17H15ClO2/c1-13-11-16(18)8-9-17(13)20-12-15-6-3-2-5-14(15)7-4-10-19/h2-3,5-6,8-9,11,19H,10,12H2,1H3. The minimum atomic E-state index is -0.147. The number of aliphatic hydroxyl groups excluding tert-OH is 1. The summed E-state index contributed by atoms with van der Waals surface area (Å²) < 4.78 is 5.81. The summed E-state index contributed by atoms with van der Waals surface area (Å²) in [5.74, 6) is 6.38. The van der Waals surface area contributed by atoms with Gasteiger partial charge in [-0.1, -0.05) is 41.6 Å². The summed E-state index contributed by atoms with van der Waals surface area (Å²) in [5, 5.41) is 9.47. The number of ether oxygens (including phenoxy) is 1. The fourth-order valence-corrected chi connectivity index (χ4v) is 2.06. The molecule has 0 amide bonds. The minimum Gasteiger partial charge on any atom is -0.489 e. The Bertz CT molecular complexity index is 654. The van der Waals surface area contributed by atoms with Crippen LogP contribution in [0.1, 0.15) is 16.7 Å². The molecule has 0 spiro atoms. The monoisotopic (exact) mass is 286 g/mol. The van der Waals surface area contributed by atoms with Crippen molar-refractivity contribution < 1.29 is 9.84 Å². The van der Waals surface area contributed by atoms with Gasteiger partial charge in [-0.15, -0.1) is 0 Å². The van der Waals surface area contributed by atoms with Crippen LogP contribution in [0.5, 0.6) is 5.75 Å². The zero-order chi connectivity index (χ0) is 14.4. The lowest BCUT2D eigenvalue weighted by atomic mass is 10.1. The van der Waals surface area contributed by atoms with Crippen LogP contribution in [-0.2, 0) is 6.61 Å². The highest BCUT2D eigenvalue weighted by Crippen LogP contribution is 2.23. The van der Waals surface area contributed by atoms with E-state index in [0.717, 1.165) is 22.4 Å². The van der Waals surface area contributed by atoms with Crippen LogP contribution in [0, 0.1) is 18.8 Å². The van der Waals surface area contributed by atoms with E-state index in [9.17, 15) is 0 Å². The van der Waals surface area contributed by atoms with Crippen LogP contribution in [0.4, 0.5) is 0 Å². The summed E-state index contributed by atoms with van der Waals surface area (Å²) in [6.45, 7) is 2.24. The average Bonchev–Trinajstić information content (AvgIpc) is 2.45. The van der Waals surface area contributed by atoms with Crippen LogP contribution >= 0.6 is 11.6 Å². The largest absolute Gasteiger partial charge is 0.489 e. The Balaban J connectivity index is 2.14. The summed E-state index contributed by atoms with van der Waals surface area (Å²) >= 11 is 5.92. The van der Waals surface area contributed by atoms with Gasteiger partial charge in [-0.05, 0) is 36.8 Å². The molecule has 0 atom stereocenters. The maximum Gasteiger partial charge on any atom is 0.122 e. The normalized spacial score (nSPS) is 9.75. The number of aliphatic hydroxyl groups is 1. The second kappa shape index (κ2) is 7.00. The molecule has 0 bridgehead atoms. The van der Waals surface area contributed by atoms with E-state index >= 15 is 0 Å². The Morgan fingerprint density at radius 2 is 2.00 bits per heavy atom. The van der Waals surface area contributed by atoms with Crippen LogP contribution in [0.25, 0.3) is 0 Å². The summed E-state index contributed by atoms with van der Waals surface area (Å²) in [5.41, 5.74) is 2.85. The molecule has 0 heterocycles. The Labute approximate surface area is 124 Å². The van der Waals surface area contributed by atoms with Gasteiger partial charge in [0.1, 0.15) is 19.0 Å². The van der Waals surface area contributed by atoms with Gasteiger partial charge >= 0.3 is 0 Å². The lowest BCUT2D eigenvalue weighted by molar-refractivity contribution is 0.304. The maximum atomic E-state index is 8.77. The van der Waals surface area contributed by atoms with Crippen molar-refractivity contribution in [3.8, 4) is 17.6 Å². The Morgan fingerprint density at radius 3 is 2.75 bits per heavy atom. The molecule has 2 aromatic carbocycles. The summed E-state index contributed by atoms with van der Waals surface area (Å²) in [7, 11) is 0. The van der Waals surface area contributed by atoms with E-state index in [1.807, 2.05) is 43.3 Å². The van der Waals surface area contributed by atoms with E-state index in [2.05, 4.69) is 11.8 Å². The van der Waals surface area contributed by atoms with Gasteiger partial charge in [-0.25, -0.2) is 0 Å². The number of rotatable bonds is 3. The van der Waals surface area contributed by atoms with Crippen molar-refractivity contribution in [3.63, 3.8) is 0 Å². The van der Waals surface area contributed by atoms with Crippen LogP contribution in [0.2, 0.25) is 5.02 Å². The first kappa shape index (κ1) is 14.5. The van der Waals surface area contributed by atoms with Crippen molar-refractivity contribution in [1.29, 1.82) is 0 Å². The summed E-state index contributed by atoms with van der Waals surface area (Å²) in [6.07, 6.45) is 0. The predicted molar refractivity (Wildman–Crippen MR) is 80.9 cm³/mol. The second-order valence-electron chi connectivity index (χ2n) is 4.32.